The van der Waals surface area contributed by atoms with E-state index in [-0.39, 0.29) is 17.5 Å². The third kappa shape index (κ3) is 6.07. The standard InChI is InChI=1S/C35H37N3O5/c1-38-20-17-25(18-21-38)37-33(39)31-29-16-19-35(43-29,32(31)34(40)41-2)30(22-24-10-5-3-6-11-24)36-26-12-9-15-28(23-26)42-27-13-7-4-8-14-27/h3-16,19,23,25,29-30,36H,17-18,20-22H2,1-2H3,(H,37,39). The van der Waals surface area contributed by atoms with Crippen molar-refractivity contribution in [3.63, 3.8) is 0 Å². The van der Waals surface area contributed by atoms with Gasteiger partial charge in [0, 0.05) is 17.8 Å². The molecule has 3 aromatic carbocycles. The summed E-state index contributed by atoms with van der Waals surface area (Å²) in [5.41, 5.74) is 1.20. The van der Waals surface area contributed by atoms with Gasteiger partial charge in [0.15, 0.2) is 0 Å². The molecule has 43 heavy (non-hydrogen) atoms. The molecule has 2 bridgehead atoms. The summed E-state index contributed by atoms with van der Waals surface area (Å²) in [6, 6.07) is 26.9. The molecular weight excluding hydrogens is 542 g/mol. The number of piperidine rings is 1. The Kier molecular flexibility index (Phi) is 8.31. The number of esters is 1. The van der Waals surface area contributed by atoms with Gasteiger partial charge in [0.25, 0.3) is 5.91 Å². The first-order chi connectivity index (χ1) is 20.9. The molecule has 222 valence electrons. The van der Waals surface area contributed by atoms with Crippen LogP contribution in [0.15, 0.2) is 108 Å². The van der Waals surface area contributed by atoms with E-state index >= 15 is 0 Å². The Hall–Kier alpha value is -4.40. The highest BCUT2D eigenvalue weighted by molar-refractivity contribution is 6.07. The summed E-state index contributed by atoms with van der Waals surface area (Å²) in [5.74, 6) is 0.557. The van der Waals surface area contributed by atoms with Crippen LogP contribution in [0.1, 0.15) is 18.4 Å². The molecule has 3 aliphatic heterocycles. The predicted octanol–water partition coefficient (Wildman–Crippen LogP) is 4.89. The minimum absolute atomic E-state index is 0.0414. The second-order valence-electron chi connectivity index (χ2n) is 11.4. The van der Waals surface area contributed by atoms with E-state index in [1.165, 1.54) is 7.11 Å². The lowest BCUT2D eigenvalue weighted by molar-refractivity contribution is -0.138. The van der Waals surface area contributed by atoms with E-state index in [0.29, 0.717) is 17.7 Å². The highest BCUT2D eigenvalue weighted by atomic mass is 16.5. The number of amides is 1. The molecule has 0 radical (unpaired) electrons. The molecule has 6 rings (SSSR count). The Morgan fingerprint density at radius 1 is 0.977 bits per heavy atom. The fourth-order valence-corrected chi connectivity index (χ4v) is 6.21. The molecule has 8 heteroatoms. The molecule has 1 saturated heterocycles. The van der Waals surface area contributed by atoms with Crippen LogP contribution in [0.3, 0.4) is 0 Å². The second kappa shape index (κ2) is 12.5. The van der Waals surface area contributed by atoms with E-state index in [0.717, 1.165) is 42.9 Å². The SMILES string of the molecule is COC(=O)C1=C(C(=O)NC2CCN(C)CC2)C2C=CC1(C(Cc1ccccc1)Nc1cccc(Oc3ccccc3)c1)O2. The number of para-hydroxylation sites is 1. The largest absolute Gasteiger partial charge is 0.466 e. The maximum absolute atomic E-state index is 13.8. The van der Waals surface area contributed by atoms with Crippen molar-refractivity contribution in [2.24, 2.45) is 0 Å². The number of nitrogens with zero attached hydrogens (tertiary/aromatic N) is 1. The molecule has 3 aromatic rings. The summed E-state index contributed by atoms with van der Waals surface area (Å²) in [7, 11) is 3.42. The van der Waals surface area contributed by atoms with Crippen LogP contribution in [-0.4, -0.2) is 67.8 Å². The van der Waals surface area contributed by atoms with Crippen LogP contribution in [0.4, 0.5) is 5.69 Å². The first-order valence-corrected chi connectivity index (χ1v) is 14.8. The van der Waals surface area contributed by atoms with Crippen molar-refractivity contribution >= 4 is 17.6 Å². The highest BCUT2D eigenvalue weighted by Crippen LogP contribution is 2.47. The van der Waals surface area contributed by atoms with E-state index in [9.17, 15) is 9.59 Å². The van der Waals surface area contributed by atoms with Crippen LogP contribution in [0.2, 0.25) is 0 Å². The summed E-state index contributed by atoms with van der Waals surface area (Å²) in [6.07, 6.45) is 5.37. The summed E-state index contributed by atoms with van der Waals surface area (Å²) < 4.78 is 18.0. The molecule has 3 unspecified atom stereocenters. The van der Waals surface area contributed by atoms with Crippen LogP contribution in [0.25, 0.3) is 0 Å². The first-order valence-electron chi connectivity index (χ1n) is 14.8. The van der Waals surface area contributed by atoms with Crippen molar-refractivity contribution in [2.75, 3.05) is 32.6 Å². The zero-order valence-corrected chi connectivity index (χ0v) is 24.5. The average Bonchev–Trinajstić information content (AvgIpc) is 3.61. The van der Waals surface area contributed by atoms with Crippen molar-refractivity contribution in [1.82, 2.24) is 10.2 Å². The summed E-state index contributed by atoms with van der Waals surface area (Å²) in [4.78, 5) is 29.5. The smallest absolute Gasteiger partial charge is 0.337 e. The van der Waals surface area contributed by atoms with E-state index in [2.05, 4.69) is 22.6 Å². The number of fused-ring (bicyclic) bond motifs is 2. The minimum atomic E-state index is -1.22. The molecule has 0 aromatic heterocycles. The number of carbonyl (C=O) groups is 2. The number of ether oxygens (including phenoxy) is 3. The van der Waals surface area contributed by atoms with Crippen molar-refractivity contribution < 1.29 is 23.8 Å². The van der Waals surface area contributed by atoms with Gasteiger partial charge in [-0.15, -0.1) is 0 Å². The zero-order valence-electron chi connectivity index (χ0n) is 24.5. The van der Waals surface area contributed by atoms with Crippen LogP contribution in [0, 0.1) is 0 Å². The highest BCUT2D eigenvalue weighted by Gasteiger charge is 2.58. The third-order valence-electron chi connectivity index (χ3n) is 8.43. The number of likely N-dealkylation sites (tertiary alicyclic amines) is 1. The van der Waals surface area contributed by atoms with Crippen molar-refractivity contribution in [2.45, 2.75) is 43.1 Å². The minimum Gasteiger partial charge on any atom is -0.466 e. The lowest BCUT2D eigenvalue weighted by atomic mass is 9.78. The van der Waals surface area contributed by atoms with Gasteiger partial charge < -0.3 is 29.7 Å². The first kappa shape index (κ1) is 28.7. The number of carbonyl (C=O) groups excluding carboxylic acids is 2. The fourth-order valence-electron chi connectivity index (χ4n) is 6.21. The van der Waals surface area contributed by atoms with Crippen molar-refractivity contribution in [1.29, 1.82) is 0 Å². The van der Waals surface area contributed by atoms with Crippen LogP contribution >= 0.6 is 0 Å². The van der Waals surface area contributed by atoms with Gasteiger partial charge in [-0.05, 0) is 75.3 Å². The monoisotopic (exact) mass is 579 g/mol. The van der Waals surface area contributed by atoms with Gasteiger partial charge in [-0.1, -0.05) is 60.7 Å². The Morgan fingerprint density at radius 3 is 2.40 bits per heavy atom. The molecule has 1 fully saturated rings. The fraction of sp³-hybridized carbons (Fsp3) is 0.314. The lowest BCUT2D eigenvalue weighted by Gasteiger charge is -2.36. The number of hydrogen-bond donors (Lipinski definition) is 2. The Labute approximate surface area is 252 Å². The van der Waals surface area contributed by atoms with Gasteiger partial charge in [-0.3, -0.25) is 4.79 Å². The van der Waals surface area contributed by atoms with Gasteiger partial charge in [0.1, 0.15) is 23.2 Å². The molecule has 0 aliphatic carbocycles. The molecule has 3 aliphatic rings. The third-order valence-corrected chi connectivity index (χ3v) is 8.43. The normalized spacial score (nSPS) is 22.3. The van der Waals surface area contributed by atoms with Crippen molar-refractivity contribution in [3.8, 4) is 11.5 Å². The topological polar surface area (TPSA) is 89.1 Å². The molecule has 0 saturated carbocycles. The predicted molar refractivity (Wildman–Crippen MR) is 165 cm³/mol. The van der Waals surface area contributed by atoms with Gasteiger partial charge in [0.05, 0.1) is 24.3 Å². The van der Waals surface area contributed by atoms with E-state index in [1.54, 1.807) is 0 Å². The van der Waals surface area contributed by atoms with E-state index < -0.39 is 23.7 Å². The quantitative estimate of drug-likeness (QED) is 0.261. The van der Waals surface area contributed by atoms with Gasteiger partial charge in [-0.25, -0.2) is 4.79 Å². The maximum atomic E-state index is 13.8. The Morgan fingerprint density at radius 2 is 1.67 bits per heavy atom. The Balaban J connectivity index is 1.34. The average molecular weight is 580 g/mol. The van der Waals surface area contributed by atoms with E-state index in [1.807, 2.05) is 97.1 Å². The summed E-state index contributed by atoms with van der Waals surface area (Å²) in [6.45, 7) is 1.82. The second-order valence-corrected chi connectivity index (χ2v) is 11.4. The van der Waals surface area contributed by atoms with E-state index in [4.69, 9.17) is 14.2 Å². The summed E-state index contributed by atoms with van der Waals surface area (Å²) >= 11 is 0. The van der Waals surface area contributed by atoms with Crippen LogP contribution in [0.5, 0.6) is 11.5 Å². The van der Waals surface area contributed by atoms with Gasteiger partial charge in [-0.2, -0.15) is 0 Å². The molecule has 8 nitrogen and oxygen atoms in total. The molecular formula is C35H37N3O5. The number of nitrogens with one attached hydrogen (secondary N) is 2. The molecule has 2 N–H and O–H groups in total. The van der Waals surface area contributed by atoms with Gasteiger partial charge in [0.2, 0.25) is 0 Å². The number of hydrogen-bond acceptors (Lipinski definition) is 7. The zero-order chi connectivity index (χ0) is 29.8. The molecule has 1 amide bonds. The number of rotatable bonds is 10. The van der Waals surface area contributed by atoms with Gasteiger partial charge >= 0.3 is 5.97 Å². The molecule has 3 heterocycles. The Bertz CT molecular complexity index is 1510. The lowest BCUT2D eigenvalue weighted by Crippen LogP contribution is -2.50. The number of benzene rings is 3. The van der Waals surface area contributed by atoms with Crippen molar-refractivity contribution in [3.05, 3.63) is 114 Å². The molecule has 3 atom stereocenters. The summed E-state index contributed by atoms with van der Waals surface area (Å²) in [5, 5.41) is 6.81. The van der Waals surface area contributed by atoms with Crippen LogP contribution < -0.4 is 15.4 Å². The maximum Gasteiger partial charge on any atom is 0.337 e. The van der Waals surface area contributed by atoms with Crippen LogP contribution in [-0.2, 0) is 25.5 Å². The number of methoxy groups -OCH3 is 1. The molecule has 0 spiro atoms. The number of anilines is 1.